The molecule has 0 spiro atoms. The number of nitrogens with one attached hydrogen (secondary N) is 2. The molecule has 154 valence electrons. The Bertz CT molecular complexity index is 1170. The van der Waals surface area contributed by atoms with Gasteiger partial charge in [-0.2, -0.15) is 5.26 Å². The second-order valence-corrected chi connectivity index (χ2v) is 8.12. The zero-order chi connectivity index (χ0) is 21.4. The van der Waals surface area contributed by atoms with Gasteiger partial charge in [0.2, 0.25) is 0 Å². The normalized spacial score (nSPS) is 21.2. The van der Waals surface area contributed by atoms with Crippen LogP contribution in [-0.2, 0) is 0 Å². The van der Waals surface area contributed by atoms with Crippen LogP contribution in [-0.4, -0.2) is 34.4 Å². The smallest absolute Gasteiger partial charge is 0.251 e. The van der Waals surface area contributed by atoms with Crippen molar-refractivity contribution in [2.45, 2.75) is 12.0 Å². The summed E-state index contributed by atoms with van der Waals surface area (Å²) in [7, 11) is 0. The fraction of sp³-hybridized carbons (Fsp3) is 0.208. The lowest BCUT2D eigenvalue weighted by Crippen LogP contribution is -2.41. The van der Waals surface area contributed by atoms with E-state index >= 15 is 0 Å². The first-order chi connectivity index (χ1) is 15.1. The molecule has 31 heavy (non-hydrogen) atoms. The molecular formula is C24H20FN5O. The van der Waals surface area contributed by atoms with Crippen LogP contribution in [0.3, 0.4) is 0 Å². The van der Waals surface area contributed by atoms with Crippen molar-refractivity contribution >= 4 is 17.3 Å². The molecule has 6 nitrogen and oxygen atoms in total. The van der Waals surface area contributed by atoms with Gasteiger partial charge >= 0.3 is 0 Å². The van der Waals surface area contributed by atoms with Crippen LogP contribution in [0.5, 0.6) is 0 Å². The maximum atomic E-state index is 13.2. The van der Waals surface area contributed by atoms with Crippen molar-refractivity contribution < 1.29 is 9.18 Å². The predicted octanol–water partition coefficient (Wildman–Crippen LogP) is 3.92. The summed E-state index contributed by atoms with van der Waals surface area (Å²) in [5, 5.41) is 15.5. The number of nitriles is 1. The van der Waals surface area contributed by atoms with Gasteiger partial charge in [-0.1, -0.05) is 12.1 Å². The number of likely N-dealkylation sites (tertiary alicyclic amines) is 1. The molecular weight excluding hydrogens is 393 g/mol. The lowest BCUT2D eigenvalue weighted by Gasteiger charge is -2.17. The van der Waals surface area contributed by atoms with Crippen molar-refractivity contribution in [2.24, 2.45) is 5.92 Å². The number of hydrogen-bond donors (Lipinski definition) is 2. The van der Waals surface area contributed by atoms with Crippen LogP contribution < -0.4 is 10.6 Å². The van der Waals surface area contributed by atoms with Gasteiger partial charge in [0.1, 0.15) is 5.82 Å². The zero-order valence-electron chi connectivity index (χ0n) is 16.7. The molecule has 3 aromatic rings. The second kappa shape index (κ2) is 7.40. The highest BCUT2D eigenvalue weighted by molar-refractivity contribution is 5.96. The van der Waals surface area contributed by atoms with Crippen LogP contribution in [0.15, 0.2) is 67.0 Å². The van der Waals surface area contributed by atoms with Crippen LogP contribution in [0.25, 0.3) is 11.1 Å². The number of rotatable bonds is 5. The first kappa shape index (κ1) is 19.1. The Kier molecular flexibility index (Phi) is 4.55. The molecule has 2 atom stereocenters. The van der Waals surface area contributed by atoms with Crippen molar-refractivity contribution in [1.29, 1.82) is 5.26 Å². The summed E-state index contributed by atoms with van der Waals surface area (Å²) in [5.74, 6) is -0.0404. The van der Waals surface area contributed by atoms with Crippen molar-refractivity contribution in [2.75, 3.05) is 18.4 Å². The average molecular weight is 413 g/mol. The number of carbonyl (C=O) groups is 1. The molecule has 1 aliphatic carbocycles. The van der Waals surface area contributed by atoms with Gasteiger partial charge in [-0.3, -0.25) is 9.78 Å². The molecule has 2 aliphatic rings. The third-order valence-corrected chi connectivity index (χ3v) is 6.05. The number of amides is 1. The standard InChI is InChI=1S/C24H20FN5O/c25-19-5-7-20(8-6-19)28-22-12-27-10-9-21(22)16-1-3-17(4-2-16)23(31)29-24-11-18(24)13-30(14-24)15-26/h1-10,12,18,28H,11,13-14H2,(H,29,31)/t18?,24-/m0/s1. The van der Waals surface area contributed by atoms with Gasteiger partial charge in [0.25, 0.3) is 5.91 Å². The van der Waals surface area contributed by atoms with Crippen molar-refractivity contribution in [3.63, 3.8) is 0 Å². The number of carbonyl (C=O) groups excluding carboxylic acids is 1. The topological polar surface area (TPSA) is 81.1 Å². The summed E-state index contributed by atoms with van der Waals surface area (Å²) in [5.41, 5.74) is 3.74. The van der Waals surface area contributed by atoms with Crippen LogP contribution in [0.4, 0.5) is 15.8 Å². The van der Waals surface area contributed by atoms with Gasteiger partial charge in [0.15, 0.2) is 6.19 Å². The van der Waals surface area contributed by atoms with Gasteiger partial charge in [-0.25, -0.2) is 4.39 Å². The van der Waals surface area contributed by atoms with E-state index in [4.69, 9.17) is 5.26 Å². The number of aromatic nitrogens is 1. The first-order valence-corrected chi connectivity index (χ1v) is 10.1. The summed E-state index contributed by atoms with van der Waals surface area (Å²) in [6.45, 7) is 1.31. The summed E-state index contributed by atoms with van der Waals surface area (Å²) < 4.78 is 13.2. The second-order valence-electron chi connectivity index (χ2n) is 8.12. The van der Waals surface area contributed by atoms with Crippen LogP contribution in [0.1, 0.15) is 16.8 Å². The number of anilines is 2. The molecule has 1 aromatic heterocycles. The predicted molar refractivity (Wildman–Crippen MR) is 115 cm³/mol. The lowest BCUT2D eigenvalue weighted by molar-refractivity contribution is 0.0929. The molecule has 1 aliphatic heterocycles. The molecule has 7 heteroatoms. The van der Waals surface area contributed by atoms with E-state index in [0.29, 0.717) is 18.0 Å². The Labute approximate surface area is 179 Å². The largest absolute Gasteiger partial charge is 0.354 e. The van der Waals surface area contributed by atoms with Crippen molar-refractivity contribution in [1.82, 2.24) is 15.2 Å². The number of hydrogen-bond acceptors (Lipinski definition) is 5. The number of fused-ring (bicyclic) bond motifs is 1. The Morgan fingerprint density at radius 1 is 1.16 bits per heavy atom. The third-order valence-electron chi connectivity index (χ3n) is 6.05. The van der Waals surface area contributed by atoms with Gasteiger partial charge in [0.05, 0.1) is 24.0 Å². The van der Waals surface area contributed by atoms with E-state index in [1.807, 2.05) is 18.2 Å². The summed E-state index contributed by atoms with van der Waals surface area (Å²) in [6, 6.07) is 15.4. The number of nitrogens with zero attached hydrogens (tertiary/aromatic N) is 3. The monoisotopic (exact) mass is 413 g/mol. The minimum absolute atomic E-state index is 0.117. The molecule has 1 unspecified atom stereocenters. The fourth-order valence-electron chi connectivity index (χ4n) is 4.29. The zero-order valence-corrected chi connectivity index (χ0v) is 16.7. The molecule has 2 aromatic carbocycles. The molecule has 2 N–H and O–H groups in total. The maximum absolute atomic E-state index is 13.2. The highest BCUT2D eigenvalue weighted by Gasteiger charge is 2.61. The Balaban J connectivity index is 1.32. The quantitative estimate of drug-likeness (QED) is 0.620. The van der Waals surface area contributed by atoms with Gasteiger partial charge < -0.3 is 15.5 Å². The van der Waals surface area contributed by atoms with E-state index in [1.54, 1.807) is 41.6 Å². The van der Waals surface area contributed by atoms with E-state index in [0.717, 1.165) is 35.5 Å². The number of halogens is 1. The van der Waals surface area contributed by atoms with Gasteiger partial charge in [0, 0.05) is 35.5 Å². The minimum atomic E-state index is -0.291. The highest BCUT2D eigenvalue weighted by atomic mass is 19.1. The summed E-state index contributed by atoms with van der Waals surface area (Å²) in [6.07, 6.45) is 6.52. The molecule has 0 radical (unpaired) electrons. The van der Waals surface area contributed by atoms with E-state index < -0.39 is 0 Å². The summed E-state index contributed by atoms with van der Waals surface area (Å²) in [4.78, 5) is 18.6. The molecule has 2 fully saturated rings. The van der Waals surface area contributed by atoms with Gasteiger partial charge in [-0.05, 0) is 54.4 Å². The third kappa shape index (κ3) is 3.68. The molecule has 1 saturated carbocycles. The highest BCUT2D eigenvalue weighted by Crippen LogP contribution is 2.49. The molecule has 0 bridgehead atoms. The van der Waals surface area contributed by atoms with Crippen LogP contribution in [0.2, 0.25) is 0 Å². The lowest BCUT2D eigenvalue weighted by atomic mass is 10.0. The minimum Gasteiger partial charge on any atom is -0.354 e. The first-order valence-electron chi connectivity index (χ1n) is 10.1. The number of benzene rings is 2. The average Bonchev–Trinajstić information content (AvgIpc) is 3.34. The fourth-order valence-corrected chi connectivity index (χ4v) is 4.29. The number of piperidine rings is 1. The van der Waals surface area contributed by atoms with E-state index in [-0.39, 0.29) is 17.3 Å². The molecule has 1 amide bonds. The Hall–Kier alpha value is -3.92. The Morgan fingerprint density at radius 3 is 2.65 bits per heavy atom. The van der Waals surface area contributed by atoms with Gasteiger partial charge in [-0.15, -0.1) is 0 Å². The van der Waals surface area contributed by atoms with Crippen molar-refractivity contribution in [3.8, 4) is 17.3 Å². The van der Waals surface area contributed by atoms with E-state index in [2.05, 4.69) is 21.8 Å². The Morgan fingerprint density at radius 2 is 1.94 bits per heavy atom. The van der Waals surface area contributed by atoms with E-state index in [9.17, 15) is 9.18 Å². The maximum Gasteiger partial charge on any atom is 0.251 e. The molecule has 5 rings (SSSR count). The number of pyridine rings is 1. The molecule has 1 saturated heterocycles. The van der Waals surface area contributed by atoms with E-state index in [1.165, 1.54) is 12.1 Å². The molecule has 2 heterocycles. The van der Waals surface area contributed by atoms with Crippen LogP contribution >= 0.6 is 0 Å². The summed E-state index contributed by atoms with van der Waals surface area (Å²) >= 11 is 0. The van der Waals surface area contributed by atoms with Crippen LogP contribution in [0, 0.1) is 23.2 Å². The SMILES string of the molecule is N#CN1CC2C[C@]2(NC(=O)c2ccc(-c3ccncc3Nc3ccc(F)cc3)cc2)C1. The van der Waals surface area contributed by atoms with Crippen molar-refractivity contribution in [3.05, 3.63) is 78.4 Å².